The number of imidazole rings is 1. The van der Waals surface area contributed by atoms with Gasteiger partial charge in [-0.3, -0.25) is 4.40 Å². The van der Waals surface area contributed by atoms with Gasteiger partial charge in [-0.25, -0.2) is 4.98 Å². The summed E-state index contributed by atoms with van der Waals surface area (Å²) in [6.07, 6.45) is 6.30. The van der Waals surface area contributed by atoms with E-state index >= 15 is 0 Å². The molecule has 0 bridgehead atoms. The van der Waals surface area contributed by atoms with Crippen LogP contribution >= 0.6 is 0 Å². The minimum Gasteiger partial charge on any atom is -0.392 e. The van der Waals surface area contributed by atoms with Crippen LogP contribution in [0.3, 0.4) is 0 Å². The summed E-state index contributed by atoms with van der Waals surface area (Å²) in [4.78, 5) is 4.02. The number of hydrogen-bond donors (Lipinski definition) is 1. The molecule has 0 saturated heterocycles. The highest BCUT2D eigenvalue weighted by molar-refractivity contribution is 5.38. The summed E-state index contributed by atoms with van der Waals surface area (Å²) in [5.74, 6) is 0. The zero-order chi connectivity index (χ0) is 7.68. The summed E-state index contributed by atoms with van der Waals surface area (Å²) in [7, 11) is 0. The molecule has 2 aromatic heterocycles. The van der Waals surface area contributed by atoms with Crippen molar-refractivity contribution in [3.63, 3.8) is 0 Å². The molecule has 1 radical (unpaired) electrons. The van der Waals surface area contributed by atoms with Crippen molar-refractivity contribution in [1.29, 1.82) is 0 Å². The first-order chi connectivity index (χ1) is 5.40. The number of pyridine rings is 1. The number of fused-ring (bicyclic) bond motifs is 1. The Hall–Kier alpha value is -1.35. The second kappa shape index (κ2) is 2.36. The Kier molecular flexibility index (Phi) is 1.36. The van der Waals surface area contributed by atoms with Gasteiger partial charge in [0, 0.05) is 6.20 Å². The van der Waals surface area contributed by atoms with E-state index < -0.39 is 0 Å². The Morgan fingerprint density at radius 3 is 3.27 bits per heavy atom. The molecule has 0 fully saturated rings. The van der Waals surface area contributed by atoms with Gasteiger partial charge >= 0.3 is 0 Å². The Morgan fingerprint density at radius 2 is 2.45 bits per heavy atom. The van der Waals surface area contributed by atoms with Crippen molar-refractivity contribution in [3.8, 4) is 0 Å². The molecule has 2 heterocycles. The first-order valence-corrected chi connectivity index (χ1v) is 3.35. The van der Waals surface area contributed by atoms with E-state index in [0.29, 0.717) is 0 Å². The fourth-order valence-electron chi connectivity index (χ4n) is 0.996. The molecule has 0 aromatic carbocycles. The normalized spacial score (nSPS) is 10.6. The second-order valence-corrected chi connectivity index (χ2v) is 2.31. The molecule has 0 aliphatic heterocycles. The fourth-order valence-corrected chi connectivity index (χ4v) is 0.996. The van der Waals surface area contributed by atoms with Crippen molar-refractivity contribution in [2.24, 2.45) is 0 Å². The van der Waals surface area contributed by atoms with E-state index in [9.17, 15) is 0 Å². The van der Waals surface area contributed by atoms with Crippen LogP contribution in [0, 0.1) is 6.20 Å². The monoisotopic (exact) mass is 147 g/mol. The average Bonchev–Trinajstić information content (AvgIpc) is 2.50. The Morgan fingerprint density at radius 1 is 1.55 bits per heavy atom. The molecular formula is C8H7N2O. The largest absolute Gasteiger partial charge is 0.392 e. The summed E-state index contributed by atoms with van der Waals surface area (Å²) in [6.45, 7) is 0.0575. The molecule has 3 nitrogen and oxygen atoms in total. The molecule has 1 N–H and O–H groups in total. The predicted molar refractivity (Wildman–Crippen MR) is 40.0 cm³/mol. The first-order valence-electron chi connectivity index (χ1n) is 3.35. The standard InChI is InChI=1S/C8H7N2O/c11-6-7-1-2-8-9-3-4-10(8)5-7/h1-3,5,11H,6H2. The first kappa shape index (κ1) is 6.37. The summed E-state index contributed by atoms with van der Waals surface area (Å²) in [6, 6.07) is 3.69. The average molecular weight is 147 g/mol. The van der Waals surface area contributed by atoms with Gasteiger partial charge < -0.3 is 5.11 Å². The highest BCUT2D eigenvalue weighted by atomic mass is 16.3. The van der Waals surface area contributed by atoms with Gasteiger partial charge in [-0.1, -0.05) is 6.07 Å². The summed E-state index contributed by atoms with van der Waals surface area (Å²) in [5.41, 5.74) is 1.72. The van der Waals surface area contributed by atoms with Crippen LogP contribution in [0.25, 0.3) is 5.65 Å². The zero-order valence-corrected chi connectivity index (χ0v) is 5.86. The third kappa shape index (κ3) is 0.991. The fraction of sp³-hybridized carbons (Fsp3) is 0.125. The molecule has 0 atom stereocenters. The van der Waals surface area contributed by atoms with Crippen molar-refractivity contribution in [1.82, 2.24) is 9.38 Å². The Balaban J connectivity index is 2.67. The third-order valence-corrected chi connectivity index (χ3v) is 1.56. The van der Waals surface area contributed by atoms with Gasteiger partial charge in [0.05, 0.1) is 19.0 Å². The van der Waals surface area contributed by atoms with Crippen LogP contribution < -0.4 is 0 Å². The molecule has 2 aromatic rings. The van der Waals surface area contributed by atoms with E-state index in [1.165, 1.54) is 0 Å². The maximum atomic E-state index is 8.79. The van der Waals surface area contributed by atoms with E-state index in [-0.39, 0.29) is 6.61 Å². The van der Waals surface area contributed by atoms with Crippen molar-refractivity contribution >= 4 is 5.65 Å². The summed E-state index contributed by atoms with van der Waals surface area (Å²) in [5, 5.41) is 8.79. The highest BCUT2D eigenvalue weighted by Crippen LogP contribution is 2.03. The van der Waals surface area contributed by atoms with Gasteiger partial charge in [0.1, 0.15) is 5.65 Å². The highest BCUT2D eigenvalue weighted by Gasteiger charge is 1.94. The molecule has 3 heteroatoms. The van der Waals surface area contributed by atoms with Crippen LogP contribution in [0.2, 0.25) is 0 Å². The van der Waals surface area contributed by atoms with Crippen LogP contribution in [-0.4, -0.2) is 14.5 Å². The second-order valence-electron chi connectivity index (χ2n) is 2.31. The number of nitrogens with zero attached hydrogens (tertiary/aromatic N) is 2. The van der Waals surface area contributed by atoms with Gasteiger partial charge in [-0.05, 0) is 11.6 Å². The van der Waals surface area contributed by atoms with Gasteiger partial charge in [0.2, 0.25) is 0 Å². The van der Waals surface area contributed by atoms with Gasteiger partial charge in [-0.2, -0.15) is 0 Å². The number of aliphatic hydroxyl groups excluding tert-OH is 1. The quantitative estimate of drug-likeness (QED) is 0.642. The molecule has 2 rings (SSSR count). The predicted octanol–water partition coefficient (Wildman–Crippen LogP) is 0.627. The third-order valence-electron chi connectivity index (χ3n) is 1.56. The van der Waals surface area contributed by atoms with Crippen molar-refractivity contribution in [3.05, 3.63) is 36.3 Å². The van der Waals surface area contributed by atoms with Gasteiger partial charge in [-0.15, -0.1) is 0 Å². The maximum absolute atomic E-state index is 8.79. The summed E-state index contributed by atoms with van der Waals surface area (Å²) >= 11 is 0. The van der Waals surface area contributed by atoms with E-state index in [2.05, 4.69) is 11.2 Å². The molecule has 0 aliphatic rings. The minimum absolute atomic E-state index is 0.0575. The van der Waals surface area contributed by atoms with Gasteiger partial charge in [0.15, 0.2) is 0 Å². The summed E-state index contributed by atoms with van der Waals surface area (Å²) < 4.78 is 1.76. The molecule has 55 valence electrons. The van der Waals surface area contributed by atoms with Gasteiger partial charge in [0.25, 0.3) is 0 Å². The van der Waals surface area contributed by atoms with Crippen molar-refractivity contribution in [2.75, 3.05) is 0 Å². The van der Waals surface area contributed by atoms with E-state index in [1.54, 1.807) is 10.6 Å². The SMILES string of the molecule is OCc1ccc2nc[c]n2c1. The van der Waals surface area contributed by atoms with E-state index in [0.717, 1.165) is 11.2 Å². The van der Waals surface area contributed by atoms with Crippen LogP contribution in [0.4, 0.5) is 0 Å². The number of aliphatic hydroxyl groups is 1. The lowest BCUT2D eigenvalue weighted by molar-refractivity contribution is 0.281. The van der Waals surface area contributed by atoms with Crippen molar-refractivity contribution in [2.45, 2.75) is 6.61 Å². The lowest BCUT2D eigenvalue weighted by atomic mass is 10.3. The molecular weight excluding hydrogens is 140 g/mol. The topological polar surface area (TPSA) is 37.5 Å². The number of aromatic nitrogens is 2. The van der Waals surface area contributed by atoms with E-state index in [1.807, 2.05) is 18.3 Å². The lowest BCUT2D eigenvalue weighted by Crippen LogP contribution is -1.88. The van der Waals surface area contributed by atoms with Crippen LogP contribution in [0.1, 0.15) is 5.56 Å². The molecule has 0 spiro atoms. The maximum Gasteiger partial charge on any atom is 0.137 e. The smallest absolute Gasteiger partial charge is 0.137 e. The molecule has 0 amide bonds. The molecule has 11 heavy (non-hydrogen) atoms. The minimum atomic E-state index is 0.0575. The van der Waals surface area contributed by atoms with Crippen molar-refractivity contribution < 1.29 is 5.11 Å². The number of hydrogen-bond acceptors (Lipinski definition) is 2. The van der Waals surface area contributed by atoms with Crippen LogP contribution in [0.15, 0.2) is 24.5 Å². The molecule has 0 aliphatic carbocycles. The molecule has 0 unspecified atom stereocenters. The number of rotatable bonds is 1. The Bertz CT molecular complexity index is 367. The van der Waals surface area contributed by atoms with Crippen LogP contribution in [0.5, 0.6) is 0 Å². The lowest BCUT2D eigenvalue weighted by Gasteiger charge is -1.95. The van der Waals surface area contributed by atoms with E-state index in [4.69, 9.17) is 5.11 Å². The Labute approximate surface area is 63.9 Å². The zero-order valence-electron chi connectivity index (χ0n) is 5.86. The van der Waals surface area contributed by atoms with Crippen LogP contribution in [-0.2, 0) is 6.61 Å². The molecule has 0 saturated carbocycles.